The largest absolute Gasteiger partial charge is 0.350 e. The summed E-state index contributed by atoms with van der Waals surface area (Å²) in [5, 5.41) is 2.76. The molecule has 1 unspecified atom stereocenters. The lowest BCUT2D eigenvalue weighted by atomic mass is 10.0. The Morgan fingerprint density at radius 3 is 2.26 bits per heavy atom. The highest BCUT2D eigenvalue weighted by Crippen LogP contribution is 2.17. The smallest absolute Gasteiger partial charge is 0.251 e. The van der Waals surface area contributed by atoms with Crippen LogP contribution in [0.2, 0.25) is 0 Å². The van der Waals surface area contributed by atoms with Gasteiger partial charge < -0.3 is 5.32 Å². The second-order valence-electron chi connectivity index (χ2n) is 5.92. The predicted octanol–water partition coefficient (Wildman–Crippen LogP) is 3.35. The van der Waals surface area contributed by atoms with E-state index in [1.807, 2.05) is 30.3 Å². The van der Waals surface area contributed by atoms with Crippen LogP contribution in [0.3, 0.4) is 0 Å². The molecule has 0 fully saturated rings. The van der Waals surface area contributed by atoms with Gasteiger partial charge in [0.25, 0.3) is 11.5 Å². The molecular formula is C21H17BrN2O3. The topological polar surface area (TPSA) is 68.2 Å². The molecule has 0 saturated heterocycles. The first-order valence-electron chi connectivity index (χ1n) is 8.35. The van der Waals surface area contributed by atoms with Crippen LogP contribution in [0.4, 0.5) is 0 Å². The number of hydrogen-bond acceptors (Lipinski definition) is 3. The van der Waals surface area contributed by atoms with Gasteiger partial charge >= 0.3 is 0 Å². The number of rotatable bonds is 6. The molecule has 1 N–H and O–H groups in total. The van der Waals surface area contributed by atoms with Crippen LogP contribution < -0.4 is 10.9 Å². The molecule has 3 aromatic rings. The summed E-state index contributed by atoms with van der Waals surface area (Å²) in [6.45, 7) is 0.269. The SMILES string of the molecule is O=C(NCc1ccccc1)C(C(=O)c1ccc(Br)cc1)n1ccccc1=O. The van der Waals surface area contributed by atoms with Crippen molar-refractivity contribution in [1.82, 2.24) is 9.88 Å². The Labute approximate surface area is 164 Å². The normalized spacial score (nSPS) is 11.6. The second-order valence-corrected chi connectivity index (χ2v) is 6.84. The quantitative estimate of drug-likeness (QED) is 0.487. The van der Waals surface area contributed by atoms with Gasteiger partial charge in [0, 0.05) is 28.8 Å². The molecule has 0 saturated carbocycles. The maximum atomic E-state index is 13.0. The molecule has 1 atom stereocenters. The third-order valence-corrected chi connectivity index (χ3v) is 4.59. The minimum atomic E-state index is -1.27. The zero-order valence-corrected chi connectivity index (χ0v) is 15.9. The van der Waals surface area contributed by atoms with Crippen LogP contribution in [-0.2, 0) is 11.3 Å². The molecule has 5 nitrogen and oxygen atoms in total. The Kier molecular flexibility index (Phi) is 5.98. The lowest BCUT2D eigenvalue weighted by molar-refractivity contribution is -0.123. The molecule has 1 heterocycles. The van der Waals surface area contributed by atoms with Gasteiger partial charge in [-0.15, -0.1) is 0 Å². The van der Waals surface area contributed by atoms with Crippen molar-refractivity contribution >= 4 is 27.6 Å². The number of hydrogen-bond donors (Lipinski definition) is 1. The summed E-state index contributed by atoms with van der Waals surface area (Å²) >= 11 is 3.32. The average Bonchev–Trinajstić information content (AvgIpc) is 2.69. The van der Waals surface area contributed by atoms with E-state index in [2.05, 4.69) is 21.2 Å². The summed E-state index contributed by atoms with van der Waals surface area (Å²) in [5.74, 6) is -0.971. The number of aromatic nitrogens is 1. The first-order valence-corrected chi connectivity index (χ1v) is 9.14. The fraction of sp³-hybridized carbons (Fsp3) is 0.0952. The fourth-order valence-electron chi connectivity index (χ4n) is 2.68. The molecule has 1 amide bonds. The standard InChI is InChI=1S/C21H17BrN2O3/c22-17-11-9-16(10-12-17)20(26)19(24-13-5-4-8-18(24)25)21(27)23-14-15-6-2-1-3-7-15/h1-13,19H,14H2,(H,23,27). The number of halogens is 1. The van der Waals surface area contributed by atoms with Gasteiger partial charge in [-0.05, 0) is 23.8 Å². The molecule has 136 valence electrons. The third kappa shape index (κ3) is 4.60. The van der Waals surface area contributed by atoms with Gasteiger partial charge in [0.05, 0.1) is 0 Å². The minimum Gasteiger partial charge on any atom is -0.350 e. The number of amides is 1. The van der Waals surface area contributed by atoms with E-state index in [9.17, 15) is 14.4 Å². The van der Waals surface area contributed by atoms with Crippen molar-refractivity contribution < 1.29 is 9.59 Å². The Morgan fingerprint density at radius 1 is 0.926 bits per heavy atom. The zero-order chi connectivity index (χ0) is 19.2. The van der Waals surface area contributed by atoms with E-state index in [4.69, 9.17) is 0 Å². The summed E-state index contributed by atoms with van der Waals surface area (Å²) < 4.78 is 1.98. The number of pyridine rings is 1. The number of nitrogens with zero attached hydrogens (tertiary/aromatic N) is 1. The fourth-order valence-corrected chi connectivity index (χ4v) is 2.94. The Bertz CT molecular complexity index is 998. The average molecular weight is 425 g/mol. The zero-order valence-electron chi connectivity index (χ0n) is 14.3. The molecule has 0 bridgehead atoms. The van der Waals surface area contributed by atoms with Crippen LogP contribution in [0.25, 0.3) is 0 Å². The lowest BCUT2D eigenvalue weighted by Gasteiger charge is -2.18. The Balaban J connectivity index is 1.91. The molecule has 6 heteroatoms. The van der Waals surface area contributed by atoms with E-state index in [0.29, 0.717) is 5.56 Å². The molecule has 2 aromatic carbocycles. The Hall–Kier alpha value is -2.99. The molecule has 0 aliphatic heterocycles. The van der Waals surface area contributed by atoms with Gasteiger partial charge in [0.2, 0.25) is 0 Å². The van der Waals surface area contributed by atoms with Gasteiger partial charge in [0.15, 0.2) is 11.8 Å². The summed E-state index contributed by atoms with van der Waals surface area (Å²) in [4.78, 5) is 38.1. The van der Waals surface area contributed by atoms with E-state index in [1.165, 1.54) is 12.3 Å². The number of Topliss-reactive ketones (excluding diaryl/α,β-unsaturated/α-hetero) is 1. The van der Waals surface area contributed by atoms with Gasteiger partial charge in [-0.3, -0.25) is 19.0 Å². The van der Waals surface area contributed by atoms with Crippen molar-refractivity contribution in [3.8, 4) is 0 Å². The Morgan fingerprint density at radius 2 is 1.59 bits per heavy atom. The van der Waals surface area contributed by atoms with Crippen molar-refractivity contribution in [1.29, 1.82) is 0 Å². The summed E-state index contributed by atoms with van der Waals surface area (Å²) in [6.07, 6.45) is 1.45. The molecular weight excluding hydrogens is 408 g/mol. The molecule has 0 aliphatic carbocycles. The van der Waals surface area contributed by atoms with Crippen molar-refractivity contribution in [2.24, 2.45) is 0 Å². The molecule has 3 rings (SSSR count). The minimum absolute atomic E-state index is 0.269. The maximum absolute atomic E-state index is 13.0. The third-order valence-electron chi connectivity index (χ3n) is 4.06. The van der Waals surface area contributed by atoms with Crippen molar-refractivity contribution in [2.75, 3.05) is 0 Å². The van der Waals surface area contributed by atoms with E-state index in [1.54, 1.807) is 36.4 Å². The molecule has 1 aromatic heterocycles. The van der Waals surface area contributed by atoms with E-state index < -0.39 is 23.3 Å². The van der Waals surface area contributed by atoms with Crippen molar-refractivity contribution in [2.45, 2.75) is 12.6 Å². The second kappa shape index (κ2) is 8.60. The highest BCUT2D eigenvalue weighted by molar-refractivity contribution is 9.10. The van der Waals surface area contributed by atoms with E-state index >= 15 is 0 Å². The number of nitrogens with one attached hydrogen (secondary N) is 1. The first-order chi connectivity index (χ1) is 13.1. The monoisotopic (exact) mass is 424 g/mol. The van der Waals surface area contributed by atoms with Crippen LogP contribution in [0, 0.1) is 0 Å². The molecule has 0 aliphatic rings. The highest BCUT2D eigenvalue weighted by Gasteiger charge is 2.29. The van der Waals surface area contributed by atoms with Gasteiger partial charge in [-0.25, -0.2) is 0 Å². The predicted molar refractivity (Wildman–Crippen MR) is 107 cm³/mol. The first kappa shape index (κ1) is 18.8. The number of carbonyl (C=O) groups is 2. The van der Waals surface area contributed by atoms with Crippen LogP contribution in [0.5, 0.6) is 0 Å². The number of carbonyl (C=O) groups excluding carboxylic acids is 2. The van der Waals surface area contributed by atoms with Crippen LogP contribution >= 0.6 is 15.9 Å². The maximum Gasteiger partial charge on any atom is 0.251 e. The van der Waals surface area contributed by atoms with Gasteiger partial charge in [0.1, 0.15) is 0 Å². The summed E-state index contributed by atoms with van der Waals surface area (Å²) in [6, 6.07) is 19.3. The van der Waals surface area contributed by atoms with Gasteiger partial charge in [-0.2, -0.15) is 0 Å². The highest BCUT2D eigenvalue weighted by atomic mass is 79.9. The molecule has 0 spiro atoms. The van der Waals surface area contributed by atoms with Crippen molar-refractivity contribution in [3.05, 3.63) is 105 Å². The number of ketones is 1. The van der Waals surface area contributed by atoms with Crippen LogP contribution in [0.15, 0.2) is 88.3 Å². The van der Waals surface area contributed by atoms with E-state index in [-0.39, 0.29) is 6.54 Å². The van der Waals surface area contributed by atoms with Crippen molar-refractivity contribution in [3.63, 3.8) is 0 Å². The van der Waals surface area contributed by atoms with Crippen LogP contribution in [0.1, 0.15) is 22.0 Å². The summed E-state index contributed by atoms with van der Waals surface area (Å²) in [7, 11) is 0. The number of benzene rings is 2. The molecule has 0 radical (unpaired) electrons. The summed E-state index contributed by atoms with van der Waals surface area (Å²) in [5.41, 5.74) is 0.845. The van der Waals surface area contributed by atoms with E-state index in [0.717, 1.165) is 14.6 Å². The molecule has 27 heavy (non-hydrogen) atoms. The van der Waals surface area contributed by atoms with Crippen LogP contribution in [-0.4, -0.2) is 16.3 Å². The van der Waals surface area contributed by atoms with Gasteiger partial charge in [-0.1, -0.05) is 64.5 Å². The lowest BCUT2D eigenvalue weighted by Crippen LogP contribution is -2.41.